The summed E-state index contributed by atoms with van der Waals surface area (Å²) in [5.74, 6) is 0.336. The molecule has 0 radical (unpaired) electrons. The molecule has 3 rings (SSSR count). The Kier molecular flexibility index (Phi) is 3.68. The minimum absolute atomic E-state index is 0.0641. The number of carbonyl (C=O) groups is 1. The van der Waals surface area contributed by atoms with E-state index in [0.29, 0.717) is 12.1 Å². The number of amides is 1. The lowest BCUT2D eigenvalue weighted by molar-refractivity contribution is 0.0705. The Labute approximate surface area is 123 Å². The van der Waals surface area contributed by atoms with Crippen LogP contribution in [0.1, 0.15) is 40.5 Å². The number of nitrogens with zero attached hydrogens (tertiary/aromatic N) is 5. The van der Waals surface area contributed by atoms with E-state index < -0.39 is 0 Å². The molecule has 0 spiro atoms. The number of hydrogen-bond acceptors (Lipinski definition) is 4. The Morgan fingerprint density at radius 3 is 2.90 bits per heavy atom. The van der Waals surface area contributed by atoms with Crippen LogP contribution in [0.4, 0.5) is 0 Å². The molecular weight excluding hydrogens is 266 g/mol. The van der Waals surface area contributed by atoms with E-state index in [1.807, 2.05) is 18.9 Å². The highest BCUT2D eigenvalue weighted by molar-refractivity contribution is 5.95. The summed E-state index contributed by atoms with van der Waals surface area (Å²) in [6.07, 6.45) is 9.02. The van der Waals surface area contributed by atoms with Crippen LogP contribution in [0.5, 0.6) is 0 Å². The van der Waals surface area contributed by atoms with E-state index in [1.54, 1.807) is 29.5 Å². The Balaban J connectivity index is 1.77. The Hall–Kier alpha value is -2.24. The lowest BCUT2D eigenvalue weighted by Crippen LogP contribution is -2.39. The summed E-state index contributed by atoms with van der Waals surface area (Å²) < 4.78 is 1.69. The first-order chi connectivity index (χ1) is 10.1. The smallest absolute Gasteiger partial charge is 0.257 e. The first kappa shape index (κ1) is 13.7. The number of aromatic nitrogens is 4. The molecule has 1 saturated heterocycles. The molecule has 0 bridgehead atoms. The van der Waals surface area contributed by atoms with Crippen LogP contribution in [0.3, 0.4) is 0 Å². The first-order valence-electron chi connectivity index (χ1n) is 7.20. The fourth-order valence-electron chi connectivity index (χ4n) is 2.90. The van der Waals surface area contributed by atoms with Crippen molar-refractivity contribution >= 4 is 5.91 Å². The van der Waals surface area contributed by atoms with Crippen molar-refractivity contribution in [2.75, 3.05) is 13.1 Å². The molecule has 3 heterocycles. The second-order valence-electron chi connectivity index (χ2n) is 5.52. The van der Waals surface area contributed by atoms with Crippen LogP contribution in [-0.2, 0) is 7.05 Å². The molecule has 0 saturated carbocycles. The number of aryl methyl sites for hydroxylation is 2. The lowest BCUT2D eigenvalue weighted by Gasteiger charge is -2.32. The summed E-state index contributed by atoms with van der Waals surface area (Å²) >= 11 is 0. The largest absolute Gasteiger partial charge is 0.338 e. The first-order valence-corrected chi connectivity index (χ1v) is 7.20. The predicted octanol–water partition coefficient (Wildman–Crippen LogP) is 1.54. The molecular formula is C15H19N5O. The third-order valence-corrected chi connectivity index (χ3v) is 3.95. The van der Waals surface area contributed by atoms with Crippen molar-refractivity contribution in [1.29, 1.82) is 0 Å². The molecule has 2 aromatic rings. The van der Waals surface area contributed by atoms with Gasteiger partial charge in [0.05, 0.1) is 17.0 Å². The van der Waals surface area contributed by atoms with Crippen LogP contribution in [0.2, 0.25) is 0 Å². The van der Waals surface area contributed by atoms with Crippen molar-refractivity contribution in [2.45, 2.75) is 25.7 Å². The van der Waals surface area contributed by atoms with Gasteiger partial charge in [0.15, 0.2) is 0 Å². The molecule has 1 aliphatic heterocycles. The van der Waals surface area contributed by atoms with Gasteiger partial charge in [-0.15, -0.1) is 0 Å². The Morgan fingerprint density at radius 1 is 1.38 bits per heavy atom. The molecule has 1 aliphatic rings. The highest BCUT2D eigenvalue weighted by Crippen LogP contribution is 2.26. The van der Waals surface area contributed by atoms with E-state index in [-0.39, 0.29) is 11.8 Å². The molecule has 6 nitrogen and oxygen atoms in total. The van der Waals surface area contributed by atoms with E-state index in [9.17, 15) is 4.79 Å². The maximum Gasteiger partial charge on any atom is 0.257 e. The maximum atomic E-state index is 12.6. The fourth-order valence-corrected chi connectivity index (χ4v) is 2.90. The summed E-state index contributed by atoms with van der Waals surface area (Å²) in [7, 11) is 1.84. The van der Waals surface area contributed by atoms with Crippen molar-refractivity contribution in [2.24, 2.45) is 7.05 Å². The molecule has 0 aliphatic carbocycles. The Bertz CT molecular complexity index is 637. The summed E-state index contributed by atoms with van der Waals surface area (Å²) in [6, 6.07) is 0. The highest BCUT2D eigenvalue weighted by Gasteiger charge is 2.27. The van der Waals surface area contributed by atoms with Crippen molar-refractivity contribution in [3.8, 4) is 0 Å². The van der Waals surface area contributed by atoms with Crippen LogP contribution in [-0.4, -0.2) is 43.6 Å². The third-order valence-electron chi connectivity index (χ3n) is 3.95. The molecule has 1 fully saturated rings. The summed E-state index contributed by atoms with van der Waals surface area (Å²) in [6.45, 7) is 3.37. The standard InChI is InChI=1S/C15H19N5O/c1-11-13(10-19(2)18-11)15(21)20-7-3-4-12(9-20)14-8-16-5-6-17-14/h5-6,8,10,12H,3-4,7,9H2,1-2H3. The molecule has 0 aromatic carbocycles. The summed E-state index contributed by atoms with van der Waals surface area (Å²) in [4.78, 5) is 23.1. The van der Waals surface area contributed by atoms with Gasteiger partial charge in [-0.25, -0.2) is 0 Å². The van der Waals surface area contributed by atoms with Gasteiger partial charge in [-0.05, 0) is 19.8 Å². The van der Waals surface area contributed by atoms with E-state index in [4.69, 9.17) is 0 Å². The fraction of sp³-hybridized carbons (Fsp3) is 0.467. The lowest BCUT2D eigenvalue weighted by atomic mass is 9.94. The molecule has 2 aromatic heterocycles. The normalized spacial score (nSPS) is 18.8. The van der Waals surface area contributed by atoms with Crippen LogP contribution in [0.25, 0.3) is 0 Å². The van der Waals surface area contributed by atoms with Gasteiger partial charge in [-0.2, -0.15) is 5.10 Å². The van der Waals surface area contributed by atoms with Crippen LogP contribution in [0.15, 0.2) is 24.8 Å². The predicted molar refractivity (Wildman–Crippen MR) is 77.9 cm³/mol. The van der Waals surface area contributed by atoms with E-state index in [1.165, 1.54) is 0 Å². The van der Waals surface area contributed by atoms with Gasteiger partial charge in [0.1, 0.15) is 0 Å². The topological polar surface area (TPSA) is 63.9 Å². The van der Waals surface area contributed by atoms with Crippen LogP contribution >= 0.6 is 0 Å². The van der Waals surface area contributed by atoms with Crippen molar-refractivity contribution in [1.82, 2.24) is 24.6 Å². The van der Waals surface area contributed by atoms with Gasteiger partial charge >= 0.3 is 0 Å². The highest BCUT2D eigenvalue weighted by atomic mass is 16.2. The van der Waals surface area contributed by atoms with Crippen molar-refractivity contribution in [3.63, 3.8) is 0 Å². The number of carbonyl (C=O) groups excluding carboxylic acids is 1. The monoisotopic (exact) mass is 285 g/mol. The molecule has 1 unspecified atom stereocenters. The maximum absolute atomic E-state index is 12.6. The zero-order valence-corrected chi connectivity index (χ0v) is 12.4. The third kappa shape index (κ3) is 2.79. The zero-order valence-electron chi connectivity index (χ0n) is 12.4. The van der Waals surface area contributed by atoms with Gasteiger partial charge in [-0.1, -0.05) is 0 Å². The van der Waals surface area contributed by atoms with Gasteiger partial charge in [-0.3, -0.25) is 19.4 Å². The summed E-state index contributed by atoms with van der Waals surface area (Å²) in [5, 5.41) is 4.25. The van der Waals surface area contributed by atoms with E-state index in [0.717, 1.165) is 30.8 Å². The zero-order chi connectivity index (χ0) is 14.8. The molecule has 1 amide bonds. The second kappa shape index (κ2) is 5.63. The summed E-state index contributed by atoms with van der Waals surface area (Å²) in [5.41, 5.74) is 2.44. The SMILES string of the molecule is Cc1nn(C)cc1C(=O)N1CCCC(c2cnccn2)C1. The van der Waals surface area contributed by atoms with Gasteiger partial charge in [0.2, 0.25) is 0 Å². The second-order valence-corrected chi connectivity index (χ2v) is 5.52. The van der Waals surface area contributed by atoms with Gasteiger partial charge in [0, 0.05) is 50.8 Å². The molecule has 6 heteroatoms. The Morgan fingerprint density at radius 2 is 2.24 bits per heavy atom. The van der Waals surface area contributed by atoms with E-state index >= 15 is 0 Å². The van der Waals surface area contributed by atoms with E-state index in [2.05, 4.69) is 15.1 Å². The van der Waals surface area contributed by atoms with Gasteiger partial charge in [0.25, 0.3) is 5.91 Å². The van der Waals surface area contributed by atoms with Crippen molar-refractivity contribution < 1.29 is 4.79 Å². The average molecular weight is 285 g/mol. The minimum Gasteiger partial charge on any atom is -0.338 e. The number of hydrogen-bond donors (Lipinski definition) is 0. The molecule has 110 valence electrons. The van der Waals surface area contributed by atoms with Crippen LogP contribution < -0.4 is 0 Å². The number of piperidine rings is 1. The average Bonchev–Trinajstić information content (AvgIpc) is 2.86. The number of rotatable bonds is 2. The molecule has 1 atom stereocenters. The minimum atomic E-state index is 0.0641. The molecule has 0 N–H and O–H groups in total. The molecule has 21 heavy (non-hydrogen) atoms. The van der Waals surface area contributed by atoms with Gasteiger partial charge < -0.3 is 4.90 Å². The van der Waals surface area contributed by atoms with Crippen LogP contribution in [0, 0.1) is 6.92 Å². The number of likely N-dealkylation sites (tertiary alicyclic amines) is 1. The van der Waals surface area contributed by atoms with Crippen molar-refractivity contribution in [3.05, 3.63) is 41.7 Å². The quantitative estimate of drug-likeness (QED) is 0.839.